The molecule has 2 aromatic carbocycles. The highest BCUT2D eigenvalue weighted by Crippen LogP contribution is 2.24. The van der Waals surface area contributed by atoms with Gasteiger partial charge in [-0.1, -0.05) is 46.7 Å². The Kier molecular flexibility index (Phi) is 8.30. The Morgan fingerprint density at radius 2 is 1.05 bits per heavy atom. The summed E-state index contributed by atoms with van der Waals surface area (Å²) in [5, 5.41) is 13.0. The van der Waals surface area contributed by atoms with E-state index in [0.29, 0.717) is 37.3 Å². The van der Waals surface area contributed by atoms with Gasteiger partial charge in [-0.25, -0.2) is 0 Å². The molecule has 0 spiro atoms. The van der Waals surface area contributed by atoms with Gasteiger partial charge in [0.1, 0.15) is 12.1 Å². The van der Waals surface area contributed by atoms with Crippen molar-refractivity contribution in [3.05, 3.63) is 95.7 Å². The van der Waals surface area contributed by atoms with Gasteiger partial charge in [0, 0.05) is 36.6 Å². The molecule has 2 aromatic heterocycles. The van der Waals surface area contributed by atoms with Crippen LogP contribution in [0, 0.1) is 0 Å². The lowest BCUT2D eigenvalue weighted by molar-refractivity contribution is -0.120. The molecule has 6 rings (SSSR count). The largest absolute Gasteiger partial charge is 0.351 e. The lowest BCUT2D eigenvalue weighted by atomic mass is 10.1. The van der Waals surface area contributed by atoms with Crippen LogP contribution in [0.1, 0.15) is 57.9 Å². The van der Waals surface area contributed by atoms with Gasteiger partial charge in [-0.2, -0.15) is 0 Å². The summed E-state index contributed by atoms with van der Waals surface area (Å²) in [7, 11) is 0. The first-order valence-corrected chi connectivity index (χ1v) is 14.4. The van der Waals surface area contributed by atoms with Crippen molar-refractivity contribution < 1.29 is 28.2 Å². The number of nitrogens with zero attached hydrogens (tertiary/aromatic N) is 4. The Hall–Kier alpha value is -5.52. The van der Waals surface area contributed by atoms with E-state index in [-0.39, 0.29) is 35.1 Å². The lowest BCUT2D eigenvalue weighted by Gasteiger charge is -2.22. The zero-order valence-corrected chi connectivity index (χ0v) is 23.7. The fraction of sp³-hybridized carbons (Fsp3) is 0.250. The number of likely N-dealkylation sites (tertiary alicyclic amines) is 2. The quantitative estimate of drug-likeness (QED) is 0.286. The number of nitrogens with one attached hydrogen (secondary N) is 2. The zero-order chi connectivity index (χ0) is 30.5. The highest BCUT2D eigenvalue weighted by Gasteiger charge is 2.37. The number of amides is 4. The van der Waals surface area contributed by atoms with Crippen LogP contribution >= 0.6 is 0 Å². The Labute approximate surface area is 252 Å². The van der Waals surface area contributed by atoms with Crippen molar-refractivity contribution in [2.75, 3.05) is 23.7 Å². The molecule has 224 valence electrons. The van der Waals surface area contributed by atoms with Crippen LogP contribution in [-0.2, 0) is 9.59 Å². The van der Waals surface area contributed by atoms with Crippen molar-refractivity contribution in [2.45, 2.75) is 37.8 Å². The fourth-order valence-electron chi connectivity index (χ4n) is 5.50. The predicted octanol–water partition coefficient (Wildman–Crippen LogP) is 4.32. The number of aromatic nitrogens is 2. The van der Waals surface area contributed by atoms with Gasteiger partial charge in [-0.15, -0.1) is 0 Å². The molecule has 2 atom stereocenters. The van der Waals surface area contributed by atoms with Gasteiger partial charge in [-0.3, -0.25) is 19.2 Å². The maximum Gasteiger partial charge on any atom is 0.293 e. The van der Waals surface area contributed by atoms with Crippen molar-refractivity contribution in [3.63, 3.8) is 0 Å². The monoisotopic (exact) mass is 594 g/mol. The molecular formula is C32H30N6O6. The number of hydrogen-bond donors (Lipinski definition) is 2. The second-order valence-corrected chi connectivity index (χ2v) is 10.6. The van der Waals surface area contributed by atoms with E-state index in [0.717, 1.165) is 24.0 Å². The summed E-state index contributed by atoms with van der Waals surface area (Å²) in [5.41, 5.74) is 3.13. The van der Waals surface area contributed by atoms with Crippen molar-refractivity contribution in [1.82, 2.24) is 20.1 Å². The van der Waals surface area contributed by atoms with Gasteiger partial charge in [-0.05, 0) is 61.1 Å². The van der Waals surface area contributed by atoms with Gasteiger partial charge in [0.25, 0.3) is 11.8 Å². The van der Waals surface area contributed by atoms with Gasteiger partial charge in [0.2, 0.25) is 23.3 Å². The Bertz CT molecular complexity index is 1520. The standard InChI is InChI=1S/C32H30N6O6/c39-29(25-3-1-19-37(25)31(41)27-15-17-33-43-27)35-23-11-7-21(8-12-23)5-6-22-9-13-24(14-10-22)36-30(40)26-4-2-20-38(26)32(42)28-16-18-34-44-28/h5-18,25-26H,1-4,19-20H2,(H,35,39)(H,36,40)/b6-5+. The molecule has 4 amide bonds. The van der Waals surface area contributed by atoms with E-state index < -0.39 is 12.1 Å². The summed E-state index contributed by atoms with van der Waals surface area (Å²) in [5.74, 6) is -0.929. The summed E-state index contributed by atoms with van der Waals surface area (Å²) in [6.45, 7) is 0.971. The molecule has 2 fully saturated rings. The third-order valence-corrected chi connectivity index (χ3v) is 7.75. The summed E-state index contributed by atoms with van der Waals surface area (Å²) in [6, 6.07) is 16.6. The van der Waals surface area contributed by atoms with Crippen LogP contribution in [0.4, 0.5) is 11.4 Å². The van der Waals surface area contributed by atoms with Crippen LogP contribution in [0.15, 0.2) is 82.1 Å². The second-order valence-electron chi connectivity index (χ2n) is 10.6. The van der Waals surface area contributed by atoms with Gasteiger partial charge >= 0.3 is 0 Å². The van der Waals surface area contributed by atoms with Crippen molar-refractivity contribution in [3.8, 4) is 0 Å². The Morgan fingerprint density at radius 1 is 0.636 bits per heavy atom. The third kappa shape index (κ3) is 6.28. The molecule has 0 aliphatic carbocycles. The van der Waals surface area contributed by atoms with Gasteiger partial charge in [0.05, 0.1) is 12.4 Å². The van der Waals surface area contributed by atoms with E-state index in [1.807, 2.05) is 60.7 Å². The van der Waals surface area contributed by atoms with Gasteiger partial charge < -0.3 is 29.5 Å². The minimum Gasteiger partial charge on any atom is -0.351 e. The van der Waals surface area contributed by atoms with E-state index in [2.05, 4.69) is 20.9 Å². The molecule has 4 heterocycles. The Morgan fingerprint density at radius 3 is 1.41 bits per heavy atom. The number of hydrogen-bond acceptors (Lipinski definition) is 8. The molecule has 12 nitrogen and oxygen atoms in total. The summed E-state index contributed by atoms with van der Waals surface area (Å²) < 4.78 is 9.94. The molecule has 0 bridgehead atoms. The topological polar surface area (TPSA) is 151 Å². The fourth-order valence-corrected chi connectivity index (χ4v) is 5.50. The molecular weight excluding hydrogens is 564 g/mol. The number of rotatable bonds is 8. The average molecular weight is 595 g/mol. The molecule has 2 aliphatic heterocycles. The average Bonchev–Trinajstić information content (AvgIpc) is 3.88. The lowest BCUT2D eigenvalue weighted by Crippen LogP contribution is -2.43. The first kappa shape index (κ1) is 28.6. The molecule has 12 heteroatoms. The van der Waals surface area contributed by atoms with Crippen molar-refractivity contribution in [2.24, 2.45) is 0 Å². The van der Waals surface area contributed by atoms with E-state index in [4.69, 9.17) is 9.05 Å². The summed E-state index contributed by atoms with van der Waals surface area (Å²) in [4.78, 5) is 54.3. The second kappa shape index (κ2) is 12.8. The van der Waals surface area contributed by atoms with E-state index >= 15 is 0 Å². The van der Waals surface area contributed by atoms with E-state index in [1.54, 1.807) is 0 Å². The number of benzene rings is 2. The molecule has 4 aromatic rings. The molecule has 2 unspecified atom stereocenters. The van der Waals surface area contributed by atoms with Crippen LogP contribution in [0.2, 0.25) is 0 Å². The third-order valence-electron chi connectivity index (χ3n) is 7.75. The van der Waals surface area contributed by atoms with E-state index in [1.165, 1.54) is 34.3 Å². The highest BCUT2D eigenvalue weighted by molar-refractivity contribution is 6.01. The molecule has 2 N–H and O–H groups in total. The molecule has 2 saturated heterocycles. The van der Waals surface area contributed by atoms with E-state index in [9.17, 15) is 19.2 Å². The summed E-state index contributed by atoms with van der Waals surface area (Å²) >= 11 is 0. The molecule has 2 aliphatic rings. The van der Waals surface area contributed by atoms with Crippen LogP contribution in [-0.4, -0.2) is 68.9 Å². The molecule has 44 heavy (non-hydrogen) atoms. The Balaban J connectivity index is 1.01. The summed E-state index contributed by atoms with van der Waals surface area (Å²) in [6.07, 6.45) is 9.33. The van der Waals surface area contributed by atoms with Crippen LogP contribution in [0.3, 0.4) is 0 Å². The normalized spacial score (nSPS) is 18.1. The van der Waals surface area contributed by atoms with Crippen molar-refractivity contribution >= 4 is 47.2 Å². The molecule has 0 saturated carbocycles. The number of anilines is 2. The number of carbonyl (C=O) groups excluding carboxylic acids is 4. The maximum atomic E-state index is 12.9. The van der Waals surface area contributed by atoms with Gasteiger partial charge in [0.15, 0.2) is 0 Å². The number of carbonyl (C=O) groups is 4. The smallest absolute Gasteiger partial charge is 0.293 e. The van der Waals surface area contributed by atoms with Crippen LogP contribution in [0.5, 0.6) is 0 Å². The van der Waals surface area contributed by atoms with Crippen LogP contribution in [0.25, 0.3) is 12.2 Å². The maximum absolute atomic E-state index is 12.9. The zero-order valence-electron chi connectivity index (χ0n) is 23.7. The minimum absolute atomic E-state index is 0.119. The SMILES string of the molecule is O=C(Nc1ccc(/C=C/c2ccc(NC(=O)C3CCCN3C(=O)c3ccno3)cc2)cc1)C1CCCN1C(=O)c1ccno1. The predicted molar refractivity (Wildman–Crippen MR) is 160 cm³/mol. The first-order chi connectivity index (χ1) is 21.5. The highest BCUT2D eigenvalue weighted by atomic mass is 16.5. The molecule has 0 radical (unpaired) electrons. The van der Waals surface area contributed by atoms with Crippen molar-refractivity contribution in [1.29, 1.82) is 0 Å². The first-order valence-electron chi connectivity index (χ1n) is 14.4. The minimum atomic E-state index is -0.571. The van der Waals surface area contributed by atoms with Crippen LogP contribution < -0.4 is 10.6 Å².